The summed E-state index contributed by atoms with van der Waals surface area (Å²) in [6.45, 7) is 3.95. The monoisotopic (exact) mass is 266 g/mol. The Bertz CT molecular complexity index is 269. The van der Waals surface area contributed by atoms with Crippen LogP contribution in [0, 0.1) is 5.92 Å². The van der Waals surface area contributed by atoms with Crippen LogP contribution in [-0.4, -0.2) is 49.6 Å². The third-order valence-corrected chi connectivity index (χ3v) is 3.86. The summed E-state index contributed by atoms with van der Waals surface area (Å²) in [5.74, 6) is 0.723. The minimum atomic E-state index is -4.51. The van der Waals surface area contributed by atoms with E-state index in [0.717, 1.165) is 25.4 Å². The molecular weight excluding hydrogens is 245 g/mol. The van der Waals surface area contributed by atoms with E-state index in [1.165, 1.54) is 12.8 Å². The van der Waals surface area contributed by atoms with Gasteiger partial charge < -0.3 is 5.32 Å². The lowest BCUT2D eigenvalue weighted by Crippen LogP contribution is -2.43. The summed E-state index contributed by atoms with van der Waals surface area (Å²) in [6, 6.07) is 0.763. The Hall–Kier alpha value is -0.330. The second kappa shape index (κ2) is 5.75. The Balaban J connectivity index is 1.79. The van der Waals surface area contributed by atoms with E-state index in [0.29, 0.717) is 18.6 Å². The lowest BCUT2D eigenvalue weighted by atomic mass is 10.1. The van der Waals surface area contributed by atoms with Crippen LogP contribution in [0.2, 0.25) is 0 Å². The van der Waals surface area contributed by atoms with Gasteiger partial charge in [0.25, 0.3) is 0 Å². The Kier molecular flexibility index (Phi) is 4.50. The molecule has 2 unspecified atom stereocenters. The minimum absolute atomic E-state index is 0.273. The van der Waals surface area contributed by atoms with Crippen LogP contribution in [0.3, 0.4) is 0 Å². The highest BCUT2D eigenvalue weighted by Gasteiger charge is 2.35. The van der Waals surface area contributed by atoms with Gasteiger partial charge in [-0.3, -0.25) is 9.64 Å². The van der Waals surface area contributed by atoms with Gasteiger partial charge in [0.2, 0.25) is 0 Å². The highest BCUT2D eigenvalue weighted by atomic mass is 19.4. The van der Waals surface area contributed by atoms with Gasteiger partial charge >= 0.3 is 6.36 Å². The van der Waals surface area contributed by atoms with Crippen LogP contribution >= 0.6 is 0 Å². The Morgan fingerprint density at radius 1 is 1.28 bits per heavy atom. The maximum atomic E-state index is 11.9. The minimum Gasteiger partial charge on any atom is -0.312 e. The zero-order valence-corrected chi connectivity index (χ0v) is 10.7. The predicted octanol–water partition coefficient (Wildman–Crippen LogP) is 1.99. The SMILES string of the molecule is CC1CCNC(C2CC2)CN1CCOC(F)(F)F. The summed E-state index contributed by atoms with van der Waals surface area (Å²) in [5.41, 5.74) is 0. The van der Waals surface area contributed by atoms with Gasteiger partial charge in [-0.15, -0.1) is 13.2 Å². The van der Waals surface area contributed by atoms with Gasteiger partial charge in [-0.05, 0) is 38.6 Å². The second-order valence-corrected chi connectivity index (χ2v) is 5.32. The highest BCUT2D eigenvalue weighted by molar-refractivity contribution is 4.91. The van der Waals surface area contributed by atoms with Gasteiger partial charge in [-0.2, -0.15) is 0 Å². The molecule has 1 aliphatic heterocycles. The standard InChI is InChI=1S/C12H21F3N2O/c1-9-4-5-16-11(10-2-3-10)8-17(9)6-7-18-12(13,14)15/h9-11,16H,2-8H2,1H3. The number of ether oxygens (including phenoxy) is 1. The van der Waals surface area contributed by atoms with Gasteiger partial charge in [0.1, 0.15) is 0 Å². The number of hydrogen-bond donors (Lipinski definition) is 1. The van der Waals surface area contributed by atoms with Crippen LogP contribution in [0.4, 0.5) is 13.2 Å². The van der Waals surface area contributed by atoms with Crippen LogP contribution in [-0.2, 0) is 4.74 Å². The van der Waals surface area contributed by atoms with E-state index in [9.17, 15) is 13.2 Å². The summed E-state index contributed by atoms with van der Waals surface area (Å²) in [6.07, 6.45) is -1.03. The number of nitrogens with one attached hydrogen (secondary N) is 1. The van der Waals surface area contributed by atoms with Crippen molar-refractivity contribution in [2.75, 3.05) is 26.2 Å². The molecule has 1 N–H and O–H groups in total. The van der Waals surface area contributed by atoms with Crippen molar-refractivity contribution in [3.8, 4) is 0 Å². The first-order chi connectivity index (χ1) is 8.46. The fraction of sp³-hybridized carbons (Fsp3) is 1.00. The first-order valence-electron chi connectivity index (χ1n) is 6.64. The average Bonchev–Trinajstić information content (AvgIpc) is 3.05. The molecule has 6 heteroatoms. The fourth-order valence-corrected chi connectivity index (χ4v) is 2.56. The maximum absolute atomic E-state index is 11.9. The van der Waals surface area contributed by atoms with Gasteiger partial charge in [0, 0.05) is 25.2 Å². The number of halogens is 3. The summed E-state index contributed by atoms with van der Waals surface area (Å²) in [4.78, 5) is 2.12. The van der Waals surface area contributed by atoms with Gasteiger partial charge in [0.05, 0.1) is 6.61 Å². The van der Waals surface area contributed by atoms with E-state index in [1.807, 2.05) is 0 Å². The van der Waals surface area contributed by atoms with Crippen LogP contribution in [0.25, 0.3) is 0 Å². The Morgan fingerprint density at radius 3 is 2.61 bits per heavy atom. The number of nitrogens with zero attached hydrogens (tertiary/aromatic N) is 1. The van der Waals surface area contributed by atoms with E-state index in [-0.39, 0.29) is 6.61 Å². The quantitative estimate of drug-likeness (QED) is 0.842. The van der Waals surface area contributed by atoms with Crippen molar-refractivity contribution in [2.45, 2.75) is 44.6 Å². The van der Waals surface area contributed by atoms with E-state index in [2.05, 4.69) is 21.9 Å². The first-order valence-corrected chi connectivity index (χ1v) is 6.64. The lowest BCUT2D eigenvalue weighted by molar-refractivity contribution is -0.325. The average molecular weight is 266 g/mol. The summed E-state index contributed by atoms with van der Waals surface area (Å²) in [7, 11) is 0. The number of hydrogen-bond acceptors (Lipinski definition) is 3. The van der Waals surface area contributed by atoms with Crippen molar-refractivity contribution in [3.63, 3.8) is 0 Å². The molecule has 106 valence electrons. The molecule has 2 fully saturated rings. The van der Waals surface area contributed by atoms with E-state index in [1.54, 1.807) is 0 Å². The molecule has 1 aliphatic carbocycles. The topological polar surface area (TPSA) is 24.5 Å². The highest BCUT2D eigenvalue weighted by Crippen LogP contribution is 2.34. The molecule has 0 aromatic heterocycles. The molecule has 1 heterocycles. The van der Waals surface area contributed by atoms with Gasteiger partial charge in [-0.25, -0.2) is 0 Å². The third-order valence-electron chi connectivity index (χ3n) is 3.86. The molecule has 2 rings (SSSR count). The lowest BCUT2D eigenvalue weighted by Gasteiger charge is -2.29. The second-order valence-electron chi connectivity index (χ2n) is 5.32. The smallest absolute Gasteiger partial charge is 0.312 e. The largest absolute Gasteiger partial charge is 0.522 e. The first kappa shape index (κ1) is 14.1. The van der Waals surface area contributed by atoms with Crippen LogP contribution < -0.4 is 5.32 Å². The van der Waals surface area contributed by atoms with E-state index < -0.39 is 6.36 Å². The molecule has 2 atom stereocenters. The molecule has 0 bridgehead atoms. The molecule has 0 aromatic rings. The zero-order chi connectivity index (χ0) is 13.2. The molecular formula is C12H21F3N2O. The molecule has 0 aromatic carbocycles. The van der Waals surface area contributed by atoms with Crippen molar-refractivity contribution >= 4 is 0 Å². The summed E-state index contributed by atoms with van der Waals surface area (Å²) < 4.78 is 39.7. The van der Waals surface area contributed by atoms with Crippen LogP contribution in [0.5, 0.6) is 0 Å². The maximum Gasteiger partial charge on any atom is 0.522 e. The van der Waals surface area contributed by atoms with Crippen molar-refractivity contribution in [2.24, 2.45) is 5.92 Å². The van der Waals surface area contributed by atoms with E-state index in [4.69, 9.17) is 0 Å². The predicted molar refractivity (Wildman–Crippen MR) is 62.2 cm³/mol. The van der Waals surface area contributed by atoms with Gasteiger partial charge in [0.15, 0.2) is 0 Å². The molecule has 0 amide bonds. The summed E-state index contributed by atoms with van der Waals surface area (Å²) >= 11 is 0. The normalized spacial score (nSPS) is 31.3. The third kappa shape index (κ3) is 4.40. The van der Waals surface area contributed by atoms with Crippen molar-refractivity contribution < 1.29 is 17.9 Å². The number of alkyl halides is 3. The molecule has 0 spiro atoms. The molecule has 1 saturated heterocycles. The van der Waals surface area contributed by atoms with Crippen molar-refractivity contribution in [1.29, 1.82) is 0 Å². The Labute approximate surface area is 106 Å². The van der Waals surface area contributed by atoms with Gasteiger partial charge in [-0.1, -0.05) is 0 Å². The Morgan fingerprint density at radius 2 is 2.00 bits per heavy atom. The fourth-order valence-electron chi connectivity index (χ4n) is 2.56. The van der Waals surface area contributed by atoms with Crippen LogP contribution in [0.15, 0.2) is 0 Å². The molecule has 3 nitrogen and oxygen atoms in total. The van der Waals surface area contributed by atoms with Crippen LogP contribution in [0.1, 0.15) is 26.2 Å². The zero-order valence-electron chi connectivity index (χ0n) is 10.7. The molecule has 0 radical (unpaired) electrons. The van der Waals surface area contributed by atoms with Crippen molar-refractivity contribution in [3.05, 3.63) is 0 Å². The number of rotatable bonds is 4. The molecule has 18 heavy (non-hydrogen) atoms. The van der Waals surface area contributed by atoms with Crippen molar-refractivity contribution in [1.82, 2.24) is 10.2 Å². The molecule has 2 aliphatic rings. The molecule has 1 saturated carbocycles. The van der Waals surface area contributed by atoms with E-state index >= 15 is 0 Å². The summed E-state index contributed by atoms with van der Waals surface area (Å²) in [5, 5.41) is 3.51.